The van der Waals surface area contributed by atoms with Crippen LogP contribution in [0.1, 0.15) is 64.1 Å². The van der Waals surface area contributed by atoms with E-state index in [0.717, 1.165) is 15.5 Å². The summed E-state index contributed by atoms with van der Waals surface area (Å²) in [5, 5.41) is 3.53. The summed E-state index contributed by atoms with van der Waals surface area (Å²) in [5.41, 5.74) is 8.62. The SMILES string of the molecule is C[C](C)(C)[Ge]1([c]2c(C([Si](C)(C)C)[Si](C)(C)C)cc(C([Si](C)(C)C)[Si](C)(C)C)cc2C([Si](C)(C)C)[Si](C)(C)C)[CH]=Cc2ccccc2[CH2]1. The van der Waals surface area contributed by atoms with Crippen LogP contribution in [-0.2, 0) is 5.25 Å². The van der Waals surface area contributed by atoms with E-state index in [1.165, 1.54) is 10.8 Å². The quantitative estimate of drug-likeness (QED) is 0.210. The Hall–Kier alpha value is 0.0242. The van der Waals surface area contributed by atoms with E-state index in [2.05, 4.69) is 186 Å². The molecule has 264 valence electrons. The van der Waals surface area contributed by atoms with Gasteiger partial charge in [-0.3, -0.25) is 0 Å². The van der Waals surface area contributed by atoms with Gasteiger partial charge in [-0.1, -0.05) is 0 Å². The molecule has 1 aliphatic rings. The summed E-state index contributed by atoms with van der Waals surface area (Å²) >= 11 is -3.03. The fourth-order valence-electron chi connectivity index (χ4n) is 11.1. The van der Waals surface area contributed by atoms with Crippen molar-refractivity contribution < 1.29 is 0 Å². The van der Waals surface area contributed by atoms with Crippen molar-refractivity contribution in [2.24, 2.45) is 0 Å². The van der Waals surface area contributed by atoms with Gasteiger partial charge in [0.25, 0.3) is 0 Å². The molecule has 3 rings (SSSR count). The van der Waals surface area contributed by atoms with Crippen LogP contribution in [0, 0.1) is 0 Å². The second kappa shape index (κ2) is 13.2. The summed E-state index contributed by atoms with van der Waals surface area (Å²) in [4.78, 5) is 2.91. The van der Waals surface area contributed by atoms with Crippen LogP contribution in [0.3, 0.4) is 0 Å². The Morgan fingerprint density at radius 2 is 0.894 bits per heavy atom. The summed E-state index contributed by atoms with van der Waals surface area (Å²) < 4.78 is 2.22. The van der Waals surface area contributed by atoms with Gasteiger partial charge in [-0.25, -0.2) is 0 Å². The van der Waals surface area contributed by atoms with E-state index in [1.807, 2.05) is 15.5 Å². The standard InChI is InChI=1S/C40H76GeSi6/c1-40(2,3)41(27-26-31-24-22-23-25-32(31)30-41)36-34(38(44(10,11)12)45(13,14)15)28-33(37(42(4,5)6)43(7,8)9)29-35(36)39(46(16,17)18)47(19,20)21/h22-29,37-39H,30H2,1-21H3. The molecular weight excluding hydrogens is 722 g/mol. The zero-order valence-electron chi connectivity index (χ0n) is 35.1. The summed E-state index contributed by atoms with van der Waals surface area (Å²) in [5.74, 6) is 0. The number of fused-ring (bicyclic) bond motifs is 1. The molecular formula is C40H76GeSi6. The Morgan fingerprint density at radius 3 is 1.23 bits per heavy atom. The first-order valence-electron chi connectivity index (χ1n) is 18.7. The van der Waals surface area contributed by atoms with Gasteiger partial charge < -0.3 is 0 Å². The van der Waals surface area contributed by atoms with Gasteiger partial charge in [0.1, 0.15) is 0 Å². The molecule has 0 aliphatic carbocycles. The molecule has 1 atom stereocenters. The minimum atomic E-state index is -3.03. The van der Waals surface area contributed by atoms with Gasteiger partial charge in [-0.2, -0.15) is 0 Å². The van der Waals surface area contributed by atoms with Gasteiger partial charge >= 0.3 is 305 Å². The molecule has 0 N–H and O–H groups in total. The molecule has 0 saturated heterocycles. The van der Waals surface area contributed by atoms with Gasteiger partial charge in [-0.15, -0.1) is 0 Å². The van der Waals surface area contributed by atoms with E-state index in [4.69, 9.17) is 0 Å². The molecule has 0 aromatic heterocycles. The van der Waals surface area contributed by atoms with Gasteiger partial charge in [0.2, 0.25) is 0 Å². The van der Waals surface area contributed by atoms with Gasteiger partial charge in [0.15, 0.2) is 0 Å². The van der Waals surface area contributed by atoms with Crippen molar-refractivity contribution in [3.8, 4) is 0 Å². The molecule has 0 fully saturated rings. The predicted octanol–water partition coefficient (Wildman–Crippen LogP) is 13.0. The number of hydrogen-bond donors (Lipinski definition) is 0. The first kappa shape index (κ1) is 41.4. The fourth-order valence-corrected chi connectivity index (χ4v) is 61.2. The summed E-state index contributed by atoms with van der Waals surface area (Å²) in [6.45, 7) is 56.7. The Labute approximate surface area is 302 Å². The summed E-state index contributed by atoms with van der Waals surface area (Å²) in [6.07, 6.45) is 2.61. The van der Waals surface area contributed by atoms with Crippen LogP contribution in [0.2, 0.25) is 122 Å². The number of benzene rings is 2. The average molecular weight is 798 g/mol. The summed E-state index contributed by atoms with van der Waals surface area (Å²) in [6, 6.07) is 15.3. The average Bonchev–Trinajstić information content (AvgIpc) is 2.77. The van der Waals surface area contributed by atoms with E-state index in [-0.39, 0.29) is 4.25 Å². The zero-order valence-corrected chi connectivity index (χ0v) is 43.2. The van der Waals surface area contributed by atoms with Gasteiger partial charge in [0, 0.05) is 0 Å². The Balaban J connectivity index is 2.83. The Bertz CT molecular complexity index is 1360. The first-order chi connectivity index (χ1) is 20.7. The van der Waals surface area contributed by atoms with E-state index < -0.39 is 61.7 Å². The molecule has 1 unspecified atom stereocenters. The maximum absolute atomic E-state index is 3.03. The van der Waals surface area contributed by atoms with Crippen LogP contribution < -0.4 is 4.40 Å². The predicted molar refractivity (Wildman–Crippen MR) is 239 cm³/mol. The second-order valence-electron chi connectivity index (χ2n) is 23.0. The van der Waals surface area contributed by atoms with E-state index >= 15 is 0 Å². The van der Waals surface area contributed by atoms with Crippen LogP contribution >= 0.6 is 0 Å². The molecule has 0 amide bonds. The van der Waals surface area contributed by atoms with Crippen LogP contribution in [0.15, 0.2) is 41.3 Å². The molecule has 2 aromatic rings. The Kier molecular flexibility index (Phi) is 11.7. The minimum absolute atomic E-state index is 0.249. The Morgan fingerprint density at radius 1 is 0.532 bits per heavy atom. The molecule has 2 aromatic carbocycles. The van der Waals surface area contributed by atoms with E-state index in [0.29, 0.717) is 0 Å². The van der Waals surface area contributed by atoms with Crippen molar-refractivity contribution in [2.75, 3.05) is 0 Å². The molecule has 1 heterocycles. The maximum atomic E-state index is 2.96. The van der Waals surface area contributed by atoms with Crippen molar-refractivity contribution in [1.82, 2.24) is 0 Å². The third-order valence-electron chi connectivity index (χ3n) is 11.2. The number of hydrogen-bond acceptors (Lipinski definition) is 0. The van der Waals surface area contributed by atoms with Crippen molar-refractivity contribution in [1.29, 1.82) is 0 Å². The topological polar surface area (TPSA) is 0 Å². The molecule has 0 radical (unpaired) electrons. The summed E-state index contributed by atoms with van der Waals surface area (Å²) in [7, 11) is -9.46. The van der Waals surface area contributed by atoms with Crippen molar-refractivity contribution in [3.05, 3.63) is 69.1 Å². The van der Waals surface area contributed by atoms with E-state index in [1.54, 1.807) is 11.1 Å². The van der Waals surface area contributed by atoms with E-state index in [9.17, 15) is 0 Å². The van der Waals surface area contributed by atoms with Crippen LogP contribution in [0.25, 0.3) is 6.08 Å². The van der Waals surface area contributed by atoms with Crippen LogP contribution in [-0.4, -0.2) is 61.7 Å². The van der Waals surface area contributed by atoms with Crippen molar-refractivity contribution in [3.63, 3.8) is 0 Å². The van der Waals surface area contributed by atoms with Crippen LogP contribution in [0.5, 0.6) is 0 Å². The normalized spacial score (nSPS) is 18.8. The molecule has 0 saturated carbocycles. The van der Waals surface area contributed by atoms with Crippen LogP contribution in [0.4, 0.5) is 0 Å². The molecule has 0 bridgehead atoms. The monoisotopic (exact) mass is 798 g/mol. The third-order valence-corrected chi connectivity index (χ3v) is 51.3. The van der Waals surface area contributed by atoms with Gasteiger partial charge in [0.05, 0.1) is 0 Å². The molecule has 0 nitrogen and oxygen atoms in total. The molecule has 0 spiro atoms. The third kappa shape index (κ3) is 8.74. The molecule has 1 aliphatic heterocycles. The second-order valence-corrected chi connectivity index (χ2v) is 66.3. The number of rotatable bonds is 10. The van der Waals surface area contributed by atoms with Crippen molar-refractivity contribution >= 4 is 72.2 Å². The fraction of sp³-hybridized carbons (Fsp3) is 0.650. The zero-order chi connectivity index (χ0) is 36.6. The van der Waals surface area contributed by atoms with Crippen molar-refractivity contribution in [2.45, 2.75) is 164 Å². The van der Waals surface area contributed by atoms with Gasteiger partial charge in [-0.05, 0) is 0 Å². The molecule has 7 heteroatoms. The first-order valence-corrected chi connectivity index (χ1v) is 45.0. The molecule has 47 heavy (non-hydrogen) atoms.